The second-order valence-electron chi connectivity index (χ2n) is 2.98. The third kappa shape index (κ3) is 1.78. The Labute approximate surface area is 92.8 Å². The number of nitrogens with two attached hydrogens (primary N) is 1. The molecule has 1 aromatic heterocycles. The Kier molecular flexibility index (Phi) is 2.32. The van der Waals surface area contributed by atoms with Gasteiger partial charge in [0.2, 0.25) is 0 Å². The molecule has 0 aliphatic rings. The molecular formula is C10H6BrNO3. The van der Waals surface area contributed by atoms with Crippen LogP contribution in [0.15, 0.2) is 37.9 Å². The number of hydrogen-bond acceptors (Lipinski definition) is 3. The molecular weight excluding hydrogens is 262 g/mol. The van der Waals surface area contributed by atoms with Gasteiger partial charge in [-0.25, -0.2) is 0 Å². The maximum absolute atomic E-state index is 11.6. The zero-order valence-electron chi connectivity index (χ0n) is 7.49. The van der Waals surface area contributed by atoms with Crippen LogP contribution in [0.3, 0.4) is 0 Å². The third-order valence-electron chi connectivity index (χ3n) is 1.93. The monoisotopic (exact) mass is 267 g/mol. The van der Waals surface area contributed by atoms with Crippen LogP contribution in [0.4, 0.5) is 0 Å². The molecule has 76 valence electrons. The SMILES string of the molecule is NC(=O)c1cc(=O)c2cc(Br)ccc2o1. The summed E-state index contributed by atoms with van der Waals surface area (Å²) in [5, 5.41) is 0.411. The Morgan fingerprint density at radius 1 is 1.33 bits per heavy atom. The Bertz CT molecular complexity index is 603. The van der Waals surface area contributed by atoms with Crippen LogP contribution in [-0.4, -0.2) is 5.91 Å². The fourth-order valence-electron chi connectivity index (χ4n) is 1.25. The van der Waals surface area contributed by atoms with Crippen molar-refractivity contribution in [1.82, 2.24) is 0 Å². The van der Waals surface area contributed by atoms with Gasteiger partial charge in [0.05, 0.1) is 5.39 Å². The van der Waals surface area contributed by atoms with Gasteiger partial charge in [0.1, 0.15) is 5.58 Å². The molecule has 15 heavy (non-hydrogen) atoms. The van der Waals surface area contributed by atoms with Crippen LogP contribution < -0.4 is 11.2 Å². The number of fused-ring (bicyclic) bond motifs is 1. The van der Waals surface area contributed by atoms with Gasteiger partial charge >= 0.3 is 0 Å². The van der Waals surface area contributed by atoms with Gasteiger partial charge in [-0.15, -0.1) is 0 Å². The highest BCUT2D eigenvalue weighted by atomic mass is 79.9. The molecule has 1 amide bonds. The highest BCUT2D eigenvalue weighted by molar-refractivity contribution is 9.10. The van der Waals surface area contributed by atoms with E-state index in [0.717, 1.165) is 10.5 Å². The molecule has 5 heteroatoms. The van der Waals surface area contributed by atoms with E-state index in [4.69, 9.17) is 10.2 Å². The van der Waals surface area contributed by atoms with E-state index in [-0.39, 0.29) is 11.2 Å². The summed E-state index contributed by atoms with van der Waals surface area (Å²) >= 11 is 3.24. The minimum Gasteiger partial charge on any atom is -0.451 e. The first kappa shape index (κ1) is 9.92. The summed E-state index contributed by atoms with van der Waals surface area (Å²) < 4.78 is 5.94. The van der Waals surface area contributed by atoms with E-state index >= 15 is 0 Å². The van der Waals surface area contributed by atoms with E-state index in [0.29, 0.717) is 11.0 Å². The molecule has 0 radical (unpaired) electrons. The van der Waals surface area contributed by atoms with E-state index in [9.17, 15) is 9.59 Å². The largest absolute Gasteiger partial charge is 0.451 e. The van der Waals surface area contributed by atoms with Gasteiger partial charge in [-0.2, -0.15) is 0 Å². The number of carbonyl (C=O) groups excluding carboxylic acids is 1. The molecule has 2 N–H and O–H groups in total. The lowest BCUT2D eigenvalue weighted by Gasteiger charge is -1.99. The summed E-state index contributed by atoms with van der Waals surface area (Å²) in [7, 11) is 0. The molecule has 0 saturated heterocycles. The van der Waals surface area contributed by atoms with Crippen molar-refractivity contribution >= 4 is 32.8 Å². The first-order valence-corrected chi connectivity index (χ1v) is 4.90. The molecule has 0 unspecified atom stereocenters. The molecule has 1 heterocycles. The van der Waals surface area contributed by atoms with Crippen molar-refractivity contribution < 1.29 is 9.21 Å². The minimum absolute atomic E-state index is 0.130. The molecule has 0 aliphatic heterocycles. The topological polar surface area (TPSA) is 73.3 Å². The number of rotatable bonds is 1. The molecule has 0 aliphatic carbocycles. The number of primary amides is 1. The van der Waals surface area contributed by atoms with Gasteiger partial charge < -0.3 is 10.2 Å². The fourth-order valence-corrected chi connectivity index (χ4v) is 1.61. The van der Waals surface area contributed by atoms with Crippen LogP contribution in [-0.2, 0) is 0 Å². The standard InChI is InChI=1S/C10H6BrNO3/c11-5-1-2-8-6(3-5)7(13)4-9(15-8)10(12)14/h1-4H,(H2,12,14). The fraction of sp³-hybridized carbons (Fsp3) is 0. The van der Waals surface area contributed by atoms with E-state index in [1.807, 2.05) is 0 Å². The molecule has 0 spiro atoms. The van der Waals surface area contributed by atoms with Crippen molar-refractivity contribution in [2.24, 2.45) is 5.73 Å². The lowest BCUT2D eigenvalue weighted by molar-refractivity contribution is 0.0974. The van der Waals surface area contributed by atoms with Crippen LogP contribution in [0.25, 0.3) is 11.0 Å². The minimum atomic E-state index is -0.753. The van der Waals surface area contributed by atoms with Crippen molar-refractivity contribution in [3.05, 3.63) is 44.7 Å². The summed E-state index contributed by atoms with van der Waals surface area (Å²) in [5.74, 6) is -0.883. The number of carbonyl (C=O) groups is 1. The van der Waals surface area contributed by atoms with Crippen molar-refractivity contribution in [3.63, 3.8) is 0 Å². The van der Waals surface area contributed by atoms with Crippen molar-refractivity contribution in [1.29, 1.82) is 0 Å². The highest BCUT2D eigenvalue weighted by Crippen LogP contribution is 2.17. The van der Waals surface area contributed by atoms with Gasteiger partial charge in [-0.1, -0.05) is 15.9 Å². The number of benzene rings is 1. The normalized spacial score (nSPS) is 10.5. The number of hydrogen-bond donors (Lipinski definition) is 1. The quantitative estimate of drug-likeness (QED) is 0.854. The second-order valence-corrected chi connectivity index (χ2v) is 3.90. The number of halogens is 1. The average Bonchev–Trinajstić information content (AvgIpc) is 2.18. The van der Waals surface area contributed by atoms with Gasteiger partial charge in [-0.3, -0.25) is 9.59 Å². The van der Waals surface area contributed by atoms with Gasteiger partial charge in [0.25, 0.3) is 5.91 Å². The first-order valence-electron chi connectivity index (χ1n) is 4.11. The first-order chi connectivity index (χ1) is 7.08. The Morgan fingerprint density at radius 3 is 2.73 bits per heavy atom. The van der Waals surface area contributed by atoms with Crippen molar-refractivity contribution in [2.45, 2.75) is 0 Å². The smallest absolute Gasteiger partial charge is 0.284 e. The third-order valence-corrected chi connectivity index (χ3v) is 2.43. The zero-order chi connectivity index (χ0) is 11.0. The molecule has 2 aromatic rings. The van der Waals surface area contributed by atoms with Gasteiger partial charge in [0.15, 0.2) is 11.2 Å². The molecule has 1 aromatic carbocycles. The molecule has 0 fully saturated rings. The van der Waals surface area contributed by atoms with Crippen LogP contribution >= 0.6 is 15.9 Å². The van der Waals surface area contributed by atoms with Crippen molar-refractivity contribution in [2.75, 3.05) is 0 Å². The lowest BCUT2D eigenvalue weighted by Crippen LogP contribution is -2.14. The maximum Gasteiger partial charge on any atom is 0.284 e. The van der Waals surface area contributed by atoms with Crippen LogP contribution in [0, 0.1) is 0 Å². The van der Waals surface area contributed by atoms with E-state index < -0.39 is 5.91 Å². The molecule has 0 bridgehead atoms. The zero-order valence-corrected chi connectivity index (χ0v) is 9.08. The predicted octanol–water partition coefficient (Wildman–Crippen LogP) is 1.65. The highest BCUT2D eigenvalue weighted by Gasteiger charge is 2.08. The summed E-state index contributed by atoms with van der Waals surface area (Å²) in [5.41, 5.74) is 5.08. The van der Waals surface area contributed by atoms with Gasteiger partial charge in [0, 0.05) is 10.5 Å². The van der Waals surface area contributed by atoms with Crippen LogP contribution in [0.1, 0.15) is 10.6 Å². The molecule has 4 nitrogen and oxygen atoms in total. The Balaban J connectivity index is 2.84. The summed E-state index contributed by atoms with van der Waals surface area (Å²) in [6, 6.07) is 6.05. The van der Waals surface area contributed by atoms with Crippen molar-refractivity contribution in [3.8, 4) is 0 Å². The summed E-state index contributed by atoms with van der Waals surface area (Å²) in [6.45, 7) is 0. The predicted molar refractivity (Wildman–Crippen MR) is 58.7 cm³/mol. The van der Waals surface area contributed by atoms with Gasteiger partial charge in [-0.05, 0) is 18.2 Å². The second kappa shape index (κ2) is 3.51. The molecule has 0 saturated carbocycles. The average molecular weight is 268 g/mol. The number of amides is 1. The molecule has 2 rings (SSSR count). The van der Waals surface area contributed by atoms with Crippen LogP contribution in [0.5, 0.6) is 0 Å². The Hall–Kier alpha value is -1.62. The Morgan fingerprint density at radius 2 is 2.07 bits per heavy atom. The maximum atomic E-state index is 11.6. The lowest BCUT2D eigenvalue weighted by atomic mass is 10.2. The van der Waals surface area contributed by atoms with E-state index in [1.54, 1.807) is 18.2 Å². The summed E-state index contributed by atoms with van der Waals surface area (Å²) in [6.07, 6.45) is 0. The summed E-state index contributed by atoms with van der Waals surface area (Å²) in [4.78, 5) is 22.4. The van der Waals surface area contributed by atoms with E-state index in [1.165, 1.54) is 0 Å². The molecule has 0 atom stereocenters. The van der Waals surface area contributed by atoms with E-state index in [2.05, 4.69) is 15.9 Å². The van der Waals surface area contributed by atoms with Crippen LogP contribution in [0.2, 0.25) is 0 Å².